The molecule has 0 spiro atoms. The molecule has 84 valence electrons. The maximum atomic E-state index is 10.9. The van der Waals surface area contributed by atoms with Crippen LogP contribution in [-0.4, -0.2) is 30.5 Å². The van der Waals surface area contributed by atoms with Gasteiger partial charge in [0.1, 0.15) is 6.10 Å². The van der Waals surface area contributed by atoms with E-state index in [2.05, 4.69) is 5.32 Å². The van der Waals surface area contributed by atoms with Crippen molar-refractivity contribution in [2.24, 2.45) is 5.92 Å². The number of nitrogens with one attached hydrogen (secondary N) is 1. The maximum absolute atomic E-state index is 10.9. The van der Waals surface area contributed by atoms with Crippen LogP contribution < -0.4 is 5.32 Å². The summed E-state index contributed by atoms with van der Waals surface area (Å²) in [5.41, 5.74) is 0. The standard InChI is InChI=1S/C10H21NO3/c1-5-9(6-7(2)12)8(3)14-10(13)11-4/h7-9,12H,5-6H2,1-4H3,(H,11,13). The lowest BCUT2D eigenvalue weighted by molar-refractivity contribution is 0.0497. The van der Waals surface area contributed by atoms with E-state index in [0.717, 1.165) is 6.42 Å². The number of amides is 1. The SMILES string of the molecule is CCC(CC(C)O)C(C)OC(=O)NC. The Morgan fingerprint density at radius 1 is 1.50 bits per heavy atom. The Morgan fingerprint density at radius 2 is 2.07 bits per heavy atom. The van der Waals surface area contributed by atoms with Gasteiger partial charge in [0.15, 0.2) is 0 Å². The third-order valence-electron chi connectivity index (χ3n) is 2.33. The summed E-state index contributed by atoms with van der Waals surface area (Å²) in [4.78, 5) is 10.9. The Bertz CT molecular complexity index is 171. The van der Waals surface area contributed by atoms with E-state index in [9.17, 15) is 9.90 Å². The van der Waals surface area contributed by atoms with Crippen LogP contribution in [0.4, 0.5) is 4.79 Å². The second-order valence-electron chi connectivity index (χ2n) is 3.61. The molecule has 0 saturated heterocycles. The van der Waals surface area contributed by atoms with Gasteiger partial charge in [-0.05, 0) is 32.6 Å². The summed E-state index contributed by atoms with van der Waals surface area (Å²) in [5.74, 6) is 0.215. The fourth-order valence-corrected chi connectivity index (χ4v) is 1.45. The summed E-state index contributed by atoms with van der Waals surface area (Å²) in [6.07, 6.45) is 0.629. The number of ether oxygens (including phenoxy) is 1. The van der Waals surface area contributed by atoms with Crippen LogP contribution in [0, 0.1) is 5.92 Å². The van der Waals surface area contributed by atoms with E-state index in [1.807, 2.05) is 13.8 Å². The van der Waals surface area contributed by atoms with Crippen LogP contribution in [-0.2, 0) is 4.74 Å². The first-order valence-electron chi connectivity index (χ1n) is 5.07. The van der Waals surface area contributed by atoms with Crippen LogP contribution in [0.5, 0.6) is 0 Å². The summed E-state index contributed by atoms with van der Waals surface area (Å²) in [5, 5.41) is 11.6. The average Bonchev–Trinajstić information content (AvgIpc) is 2.13. The van der Waals surface area contributed by atoms with Crippen molar-refractivity contribution in [3.8, 4) is 0 Å². The number of rotatable bonds is 5. The van der Waals surface area contributed by atoms with Crippen molar-refractivity contribution in [1.82, 2.24) is 5.32 Å². The van der Waals surface area contributed by atoms with Crippen LogP contribution in [0.1, 0.15) is 33.6 Å². The van der Waals surface area contributed by atoms with E-state index < -0.39 is 6.09 Å². The molecular weight excluding hydrogens is 182 g/mol. The molecule has 3 unspecified atom stereocenters. The van der Waals surface area contributed by atoms with Crippen LogP contribution in [0.25, 0.3) is 0 Å². The van der Waals surface area contributed by atoms with E-state index in [1.54, 1.807) is 6.92 Å². The van der Waals surface area contributed by atoms with E-state index in [-0.39, 0.29) is 18.1 Å². The fourth-order valence-electron chi connectivity index (χ4n) is 1.45. The van der Waals surface area contributed by atoms with Gasteiger partial charge >= 0.3 is 6.09 Å². The predicted molar refractivity (Wildman–Crippen MR) is 55.1 cm³/mol. The molecule has 0 aromatic rings. The van der Waals surface area contributed by atoms with Crippen molar-refractivity contribution < 1.29 is 14.6 Å². The Labute approximate surface area is 85.6 Å². The number of aliphatic hydroxyl groups excluding tert-OH is 1. The zero-order valence-electron chi connectivity index (χ0n) is 9.41. The van der Waals surface area contributed by atoms with Gasteiger partial charge in [0.25, 0.3) is 0 Å². The highest BCUT2D eigenvalue weighted by molar-refractivity contribution is 5.66. The van der Waals surface area contributed by atoms with Gasteiger partial charge < -0.3 is 15.2 Å². The molecular formula is C10H21NO3. The number of hydrogen-bond acceptors (Lipinski definition) is 3. The van der Waals surface area contributed by atoms with Gasteiger partial charge in [-0.15, -0.1) is 0 Å². The normalized spacial score (nSPS) is 16.9. The molecule has 0 saturated carbocycles. The number of carbonyl (C=O) groups excluding carboxylic acids is 1. The Hall–Kier alpha value is -0.770. The molecule has 0 radical (unpaired) electrons. The first kappa shape index (κ1) is 13.2. The molecule has 0 aliphatic carbocycles. The van der Waals surface area contributed by atoms with Crippen LogP contribution in [0.2, 0.25) is 0 Å². The van der Waals surface area contributed by atoms with Gasteiger partial charge in [-0.1, -0.05) is 6.92 Å². The van der Waals surface area contributed by atoms with Gasteiger partial charge in [0.2, 0.25) is 0 Å². The van der Waals surface area contributed by atoms with E-state index in [4.69, 9.17) is 4.74 Å². The molecule has 0 aromatic heterocycles. The summed E-state index contributed by atoms with van der Waals surface area (Å²) in [6, 6.07) is 0. The number of alkyl carbamates (subject to hydrolysis) is 1. The molecule has 0 rings (SSSR count). The number of aliphatic hydroxyl groups is 1. The fraction of sp³-hybridized carbons (Fsp3) is 0.900. The first-order chi connectivity index (χ1) is 6.51. The Morgan fingerprint density at radius 3 is 2.43 bits per heavy atom. The quantitative estimate of drug-likeness (QED) is 0.712. The van der Waals surface area contributed by atoms with Gasteiger partial charge in [-0.3, -0.25) is 0 Å². The Kier molecular flexibility index (Phi) is 6.28. The molecule has 0 heterocycles. The molecule has 0 aliphatic rings. The number of hydrogen-bond donors (Lipinski definition) is 2. The second kappa shape index (κ2) is 6.65. The first-order valence-corrected chi connectivity index (χ1v) is 5.07. The van der Waals surface area contributed by atoms with E-state index >= 15 is 0 Å². The molecule has 14 heavy (non-hydrogen) atoms. The summed E-state index contributed by atoms with van der Waals surface area (Å²) >= 11 is 0. The molecule has 0 aliphatic heterocycles. The molecule has 4 nitrogen and oxygen atoms in total. The Balaban J connectivity index is 4.03. The van der Waals surface area contributed by atoms with Gasteiger partial charge in [-0.25, -0.2) is 4.79 Å². The average molecular weight is 203 g/mol. The van der Waals surface area contributed by atoms with E-state index in [0.29, 0.717) is 6.42 Å². The maximum Gasteiger partial charge on any atom is 0.407 e. The van der Waals surface area contributed by atoms with Gasteiger partial charge in [-0.2, -0.15) is 0 Å². The van der Waals surface area contributed by atoms with Crippen LogP contribution in [0.15, 0.2) is 0 Å². The highest BCUT2D eigenvalue weighted by atomic mass is 16.6. The highest BCUT2D eigenvalue weighted by Gasteiger charge is 2.20. The minimum atomic E-state index is -0.415. The van der Waals surface area contributed by atoms with Crippen molar-refractivity contribution in [2.75, 3.05) is 7.05 Å². The highest BCUT2D eigenvalue weighted by Crippen LogP contribution is 2.18. The lowest BCUT2D eigenvalue weighted by Crippen LogP contribution is -2.30. The van der Waals surface area contributed by atoms with Crippen molar-refractivity contribution in [3.63, 3.8) is 0 Å². The summed E-state index contributed by atoms with van der Waals surface area (Å²) in [6.45, 7) is 5.62. The lowest BCUT2D eigenvalue weighted by atomic mass is 9.94. The van der Waals surface area contributed by atoms with E-state index in [1.165, 1.54) is 7.05 Å². The smallest absolute Gasteiger partial charge is 0.407 e. The van der Waals surface area contributed by atoms with Crippen molar-refractivity contribution in [1.29, 1.82) is 0 Å². The molecule has 0 fully saturated rings. The minimum absolute atomic E-state index is 0.158. The summed E-state index contributed by atoms with van der Waals surface area (Å²) in [7, 11) is 1.53. The lowest BCUT2D eigenvalue weighted by Gasteiger charge is -2.23. The molecule has 0 bridgehead atoms. The van der Waals surface area contributed by atoms with Crippen molar-refractivity contribution >= 4 is 6.09 Å². The third kappa shape index (κ3) is 5.07. The topological polar surface area (TPSA) is 58.6 Å². The molecule has 2 N–H and O–H groups in total. The second-order valence-corrected chi connectivity index (χ2v) is 3.61. The summed E-state index contributed by atoms with van der Waals surface area (Å²) < 4.78 is 5.09. The third-order valence-corrected chi connectivity index (χ3v) is 2.33. The zero-order valence-corrected chi connectivity index (χ0v) is 9.41. The zero-order chi connectivity index (χ0) is 11.1. The van der Waals surface area contributed by atoms with Crippen LogP contribution >= 0.6 is 0 Å². The molecule has 1 amide bonds. The van der Waals surface area contributed by atoms with Gasteiger partial charge in [0.05, 0.1) is 6.10 Å². The minimum Gasteiger partial charge on any atom is -0.446 e. The van der Waals surface area contributed by atoms with Crippen molar-refractivity contribution in [2.45, 2.75) is 45.8 Å². The monoisotopic (exact) mass is 203 g/mol. The molecule has 3 atom stereocenters. The van der Waals surface area contributed by atoms with Crippen molar-refractivity contribution in [3.05, 3.63) is 0 Å². The molecule has 0 aromatic carbocycles. The largest absolute Gasteiger partial charge is 0.446 e. The number of carbonyl (C=O) groups is 1. The van der Waals surface area contributed by atoms with Gasteiger partial charge in [0, 0.05) is 7.05 Å². The molecule has 4 heteroatoms. The van der Waals surface area contributed by atoms with Crippen LogP contribution in [0.3, 0.4) is 0 Å². The predicted octanol–water partition coefficient (Wildman–Crippen LogP) is 1.53.